The van der Waals surface area contributed by atoms with E-state index in [0.29, 0.717) is 6.61 Å². The Kier molecular flexibility index (Phi) is 4.57. The molecule has 0 aliphatic heterocycles. The van der Waals surface area contributed by atoms with Crippen LogP contribution in [0.3, 0.4) is 0 Å². The average molecular weight is 357 g/mol. The van der Waals surface area contributed by atoms with Gasteiger partial charge in [-0.15, -0.1) is 0 Å². The smallest absolute Gasteiger partial charge is 0.130 e. The molecule has 1 aromatic heterocycles. The fraction of sp³-hybridized carbons (Fsp3) is 0.154. The molecule has 88 valence electrons. The number of halogens is 2. The molecule has 0 saturated carbocycles. The number of alkyl halides is 1. The molecule has 1 aromatic carbocycles. The number of rotatable bonds is 4. The molecule has 2 nitrogen and oxygen atoms in total. The van der Waals surface area contributed by atoms with Gasteiger partial charge in [0.1, 0.15) is 12.4 Å². The molecule has 0 unspecified atom stereocenters. The first kappa shape index (κ1) is 12.6. The van der Waals surface area contributed by atoms with Gasteiger partial charge in [-0.25, -0.2) is 0 Å². The van der Waals surface area contributed by atoms with Gasteiger partial charge in [-0.2, -0.15) is 0 Å². The number of nitrogens with zero attached hydrogens (tertiary/aromatic N) is 1. The molecular formula is C13H11Br2NO. The Balaban J connectivity index is 2.04. The third-order valence-corrected chi connectivity index (χ3v) is 3.65. The molecule has 2 aromatic rings. The van der Waals surface area contributed by atoms with Gasteiger partial charge in [0.25, 0.3) is 0 Å². The summed E-state index contributed by atoms with van der Waals surface area (Å²) in [4.78, 5) is 4.21. The summed E-state index contributed by atoms with van der Waals surface area (Å²) in [6, 6.07) is 11.7. The maximum Gasteiger partial charge on any atom is 0.130 e. The van der Waals surface area contributed by atoms with E-state index >= 15 is 0 Å². The van der Waals surface area contributed by atoms with Crippen LogP contribution in [-0.4, -0.2) is 4.98 Å². The molecule has 0 saturated heterocycles. The maximum atomic E-state index is 5.69. The van der Waals surface area contributed by atoms with Crippen molar-refractivity contribution in [3.8, 4) is 5.75 Å². The number of pyridine rings is 1. The van der Waals surface area contributed by atoms with Gasteiger partial charge in [0, 0.05) is 16.0 Å². The number of benzene rings is 1. The molecule has 0 fully saturated rings. The number of ether oxygens (including phenoxy) is 1. The minimum atomic E-state index is 0.490. The van der Waals surface area contributed by atoms with E-state index in [0.717, 1.165) is 21.2 Å². The van der Waals surface area contributed by atoms with Gasteiger partial charge < -0.3 is 4.74 Å². The Morgan fingerprint density at radius 3 is 2.76 bits per heavy atom. The first-order valence-corrected chi connectivity index (χ1v) is 7.08. The Morgan fingerprint density at radius 2 is 2.06 bits per heavy atom. The summed E-state index contributed by atoms with van der Waals surface area (Å²) < 4.78 is 6.77. The topological polar surface area (TPSA) is 22.1 Å². The molecule has 0 bridgehead atoms. The van der Waals surface area contributed by atoms with Crippen LogP contribution in [0.1, 0.15) is 11.3 Å². The van der Waals surface area contributed by atoms with E-state index < -0.39 is 0 Å². The van der Waals surface area contributed by atoms with Gasteiger partial charge in [0.05, 0.1) is 5.69 Å². The van der Waals surface area contributed by atoms with Gasteiger partial charge in [0.15, 0.2) is 0 Å². The second-order valence-electron chi connectivity index (χ2n) is 3.50. The van der Waals surface area contributed by atoms with Crippen LogP contribution < -0.4 is 4.74 Å². The fourth-order valence-corrected chi connectivity index (χ4v) is 2.61. The molecule has 2 rings (SSSR count). The molecule has 0 spiro atoms. The van der Waals surface area contributed by atoms with Crippen molar-refractivity contribution in [1.82, 2.24) is 4.98 Å². The highest BCUT2D eigenvalue weighted by Gasteiger charge is 2.02. The van der Waals surface area contributed by atoms with Crippen molar-refractivity contribution >= 4 is 31.9 Å². The average Bonchev–Trinajstić information content (AvgIpc) is 2.39. The van der Waals surface area contributed by atoms with Gasteiger partial charge >= 0.3 is 0 Å². The van der Waals surface area contributed by atoms with Crippen LogP contribution in [0.25, 0.3) is 0 Å². The third-order valence-electron chi connectivity index (χ3n) is 2.27. The Hall–Kier alpha value is -0.870. The quantitative estimate of drug-likeness (QED) is 0.761. The Morgan fingerprint density at radius 1 is 1.18 bits per heavy atom. The van der Waals surface area contributed by atoms with Crippen LogP contribution in [0.4, 0.5) is 0 Å². The summed E-state index contributed by atoms with van der Waals surface area (Å²) >= 11 is 6.93. The lowest BCUT2D eigenvalue weighted by molar-refractivity contribution is 0.301. The molecule has 1 heterocycles. The minimum absolute atomic E-state index is 0.490. The van der Waals surface area contributed by atoms with Crippen molar-refractivity contribution < 1.29 is 4.74 Å². The van der Waals surface area contributed by atoms with Crippen molar-refractivity contribution in [2.24, 2.45) is 0 Å². The Labute approximate surface area is 117 Å². The van der Waals surface area contributed by atoms with Crippen molar-refractivity contribution in [1.29, 1.82) is 0 Å². The third kappa shape index (κ3) is 3.54. The lowest BCUT2D eigenvalue weighted by atomic mass is 10.2. The van der Waals surface area contributed by atoms with E-state index in [1.54, 1.807) is 6.20 Å². The van der Waals surface area contributed by atoms with Gasteiger partial charge in [-0.1, -0.05) is 37.9 Å². The first-order chi connectivity index (χ1) is 8.29. The highest BCUT2D eigenvalue weighted by atomic mass is 79.9. The summed E-state index contributed by atoms with van der Waals surface area (Å²) in [7, 11) is 0. The van der Waals surface area contributed by atoms with Crippen molar-refractivity contribution in [3.63, 3.8) is 0 Å². The van der Waals surface area contributed by atoms with Gasteiger partial charge in [-0.05, 0) is 35.9 Å². The summed E-state index contributed by atoms with van der Waals surface area (Å²) in [5.74, 6) is 0.855. The SMILES string of the molecule is BrCc1cc(OCc2ccccn2)ccc1Br. The van der Waals surface area contributed by atoms with Crippen molar-refractivity contribution in [3.05, 3.63) is 58.3 Å². The Bertz CT molecular complexity index is 488. The second-order valence-corrected chi connectivity index (χ2v) is 4.91. The second kappa shape index (κ2) is 6.17. The molecule has 0 N–H and O–H groups in total. The molecule has 0 amide bonds. The fourth-order valence-electron chi connectivity index (χ4n) is 1.38. The van der Waals surface area contributed by atoms with E-state index in [1.807, 2.05) is 36.4 Å². The van der Waals surface area contributed by atoms with Crippen LogP contribution >= 0.6 is 31.9 Å². The maximum absolute atomic E-state index is 5.69. The zero-order valence-corrected chi connectivity index (χ0v) is 12.2. The summed E-state index contributed by atoms with van der Waals surface area (Å²) in [5, 5.41) is 0.800. The van der Waals surface area contributed by atoms with Gasteiger partial charge in [0.2, 0.25) is 0 Å². The van der Waals surface area contributed by atoms with Crippen LogP contribution in [0.2, 0.25) is 0 Å². The molecule has 4 heteroatoms. The predicted octanol–water partition coefficient (Wildman–Crippen LogP) is 4.32. The molecule has 0 aliphatic rings. The predicted molar refractivity (Wildman–Crippen MR) is 75.3 cm³/mol. The summed E-state index contributed by atoms with van der Waals surface area (Å²) in [5.41, 5.74) is 2.10. The molecular weight excluding hydrogens is 346 g/mol. The summed E-state index contributed by atoms with van der Waals surface area (Å²) in [6.07, 6.45) is 1.77. The number of hydrogen-bond acceptors (Lipinski definition) is 2. The van der Waals surface area contributed by atoms with Crippen LogP contribution in [0.15, 0.2) is 47.1 Å². The van der Waals surface area contributed by atoms with E-state index in [1.165, 1.54) is 5.56 Å². The molecule has 0 atom stereocenters. The zero-order valence-electron chi connectivity index (χ0n) is 9.07. The minimum Gasteiger partial charge on any atom is -0.487 e. The highest BCUT2D eigenvalue weighted by molar-refractivity contribution is 9.10. The number of aromatic nitrogens is 1. The molecule has 0 aliphatic carbocycles. The zero-order chi connectivity index (χ0) is 12.1. The first-order valence-electron chi connectivity index (χ1n) is 5.16. The lowest BCUT2D eigenvalue weighted by Crippen LogP contribution is -1.97. The van der Waals surface area contributed by atoms with E-state index in [4.69, 9.17) is 4.74 Å². The lowest BCUT2D eigenvalue weighted by Gasteiger charge is -2.08. The molecule has 17 heavy (non-hydrogen) atoms. The monoisotopic (exact) mass is 355 g/mol. The largest absolute Gasteiger partial charge is 0.487 e. The van der Waals surface area contributed by atoms with Crippen LogP contribution in [0.5, 0.6) is 5.75 Å². The van der Waals surface area contributed by atoms with Crippen molar-refractivity contribution in [2.75, 3.05) is 0 Å². The highest BCUT2D eigenvalue weighted by Crippen LogP contribution is 2.24. The number of hydrogen-bond donors (Lipinski definition) is 0. The summed E-state index contributed by atoms with van der Waals surface area (Å²) in [6.45, 7) is 0.490. The van der Waals surface area contributed by atoms with Gasteiger partial charge in [-0.3, -0.25) is 4.98 Å². The van der Waals surface area contributed by atoms with E-state index in [2.05, 4.69) is 36.8 Å². The van der Waals surface area contributed by atoms with E-state index in [9.17, 15) is 0 Å². The molecule has 0 radical (unpaired) electrons. The van der Waals surface area contributed by atoms with Crippen molar-refractivity contribution in [2.45, 2.75) is 11.9 Å². The van der Waals surface area contributed by atoms with Crippen LogP contribution in [-0.2, 0) is 11.9 Å². The normalized spacial score (nSPS) is 10.2. The van der Waals surface area contributed by atoms with Crippen LogP contribution in [0, 0.1) is 0 Å². The van der Waals surface area contributed by atoms with E-state index in [-0.39, 0.29) is 0 Å². The standard InChI is InChI=1S/C13H11Br2NO/c14-8-10-7-12(4-5-13(10)15)17-9-11-3-1-2-6-16-11/h1-7H,8-9H2.